The molecule has 0 bridgehead atoms. The zero-order chi connectivity index (χ0) is 20.2. The van der Waals surface area contributed by atoms with Crippen LogP contribution in [0.15, 0.2) is 41.5 Å². The highest BCUT2D eigenvalue weighted by Gasteiger charge is 2.14. The van der Waals surface area contributed by atoms with Crippen LogP contribution < -0.4 is 10.2 Å². The van der Waals surface area contributed by atoms with Crippen molar-refractivity contribution in [2.75, 3.05) is 6.61 Å². The van der Waals surface area contributed by atoms with Crippen LogP contribution in [0.3, 0.4) is 0 Å². The van der Waals surface area contributed by atoms with Gasteiger partial charge in [-0.1, -0.05) is 56.1 Å². The maximum Gasteiger partial charge on any atom is 0.277 e. The van der Waals surface area contributed by atoms with E-state index in [0.29, 0.717) is 22.0 Å². The van der Waals surface area contributed by atoms with Gasteiger partial charge in [0.1, 0.15) is 11.5 Å². The molecular weight excluding hydrogens is 387 g/mol. The standard InChI is InChI=1S/C20H22Cl2N2O3/c1-12(16-9-14(21)10-17(22)19(16)26)23-24-18(25)11-27-15-7-5-13(6-8-15)20(2,3)4/h5-10,26H,11H2,1-4H3,(H,24,25)/b23-12+. The first-order chi connectivity index (χ1) is 12.6. The Balaban J connectivity index is 1.95. The number of phenols is 1. The first kappa shape index (κ1) is 21.1. The predicted octanol–water partition coefficient (Wildman–Crippen LogP) is 4.92. The molecule has 2 aromatic carbocycles. The Morgan fingerprint density at radius 3 is 2.41 bits per heavy atom. The number of carbonyl (C=O) groups is 1. The molecule has 7 heteroatoms. The Kier molecular flexibility index (Phi) is 6.73. The van der Waals surface area contributed by atoms with Crippen molar-refractivity contribution in [3.05, 3.63) is 57.6 Å². The monoisotopic (exact) mass is 408 g/mol. The second kappa shape index (κ2) is 8.63. The summed E-state index contributed by atoms with van der Waals surface area (Å²) in [6, 6.07) is 10.5. The quantitative estimate of drug-likeness (QED) is 0.544. The fourth-order valence-corrected chi connectivity index (χ4v) is 2.77. The van der Waals surface area contributed by atoms with Crippen molar-refractivity contribution in [1.82, 2.24) is 5.43 Å². The van der Waals surface area contributed by atoms with Crippen LogP contribution in [-0.4, -0.2) is 23.3 Å². The zero-order valence-corrected chi connectivity index (χ0v) is 17.1. The molecule has 0 aliphatic rings. The number of benzene rings is 2. The smallest absolute Gasteiger partial charge is 0.277 e. The van der Waals surface area contributed by atoms with E-state index in [2.05, 4.69) is 31.3 Å². The summed E-state index contributed by atoms with van der Waals surface area (Å²) < 4.78 is 5.46. The summed E-state index contributed by atoms with van der Waals surface area (Å²) in [5.41, 5.74) is 4.31. The summed E-state index contributed by atoms with van der Waals surface area (Å²) in [6.07, 6.45) is 0. The van der Waals surface area contributed by atoms with Gasteiger partial charge in [0.25, 0.3) is 5.91 Å². The van der Waals surface area contributed by atoms with Crippen molar-refractivity contribution in [1.29, 1.82) is 0 Å². The molecule has 0 saturated carbocycles. The van der Waals surface area contributed by atoms with Gasteiger partial charge < -0.3 is 9.84 Å². The summed E-state index contributed by atoms with van der Waals surface area (Å²) >= 11 is 11.8. The zero-order valence-electron chi connectivity index (χ0n) is 15.6. The Morgan fingerprint density at radius 2 is 1.81 bits per heavy atom. The molecule has 0 aliphatic heterocycles. The molecule has 0 fully saturated rings. The third kappa shape index (κ3) is 5.88. The van der Waals surface area contributed by atoms with Gasteiger partial charge in [0, 0.05) is 10.6 Å². The number of aromatic hydroxyl groups is 1. The third-order valence-electron chi connectivity index (χ3n) is 3.86. The minimum Gasteiger partial charge on any atom is -0.506 e. The number of halogens is 2. The lowest BCUT2D eigenvalue weighted by Gasteiger charge is -2.19. The maximum atomic E-state index is 11.9. The van der Waals surface area contributed by atoms with E-state index < -0.39 is 5.91 Å². The number of amides is 1. The molecule has 0 unspecified atom stereocenters. The van der Waals surface area contributed by atoms with Crippen LogP contribution >= 0.6 is 23.2 Å². The fourth-order valence-electron chi connectivity index (χ4n) is 2.28. The molecule has 0 atom stereocenters. The molecule has 0 heterocycles. The van der Waals surface area contributed by atoms with E-state index in [4.69, 9.17) is 27.9 Å². The number of nitrogens with zero attached hydrogens (tertiary/aromatic N) is 1. The van der Waals surface area contributed by atoms with Gasteiger partial charge in [-0.15, -0.1) is 0 Å². The van der Waals surface area contributed by atoms with E-state index in [-0.39, 0.29) is 22.8 Å². The Bertz CT molecular complexity index is 857. The van der Waals surface area contributed by atoms with Gasteiger partial charge in [0.05, 0.1) is 10.7 Å². The normalized spacial score (nSPS) is 12.0. The molecule has 0 spiro atoms. The number of nitrogens with one attached hydrogen (secondary N) is 1. The molecule has 0 radical (unpaired) electrons. The van der Waals surface area contributed by atoms with Crippen LogP contribution in [0, 0.1) is 0 Å². The topological polar surface area (TPSA) is 70.9 Å². The first-order valence-corrected chi connectivity index (χ1v) is 9.08. The Hall–Kier alpha value is -2.24. The Labute approximate surface area is 168 Å². The molecule has 1 amide bonds. The number of carbonyl (C=O) groups excluding carboxylic acids is 1. The van der Waals surface area contributed by atoms with Crippen molar-refractivity contribution < 1.29 is 14.6 Å². The minimum atomic E-state index is -0.429. The molecule has 5 nitrogen and oxygen atoms in total. The lowest BCUT2D eigenvalue weighted by Crippen LogP contribution is -2.25. The van der Waals surface area contributed by atoms with Crippen LogP contribution in [0.5, 0.6) is 11.5 Å². The summed E-state index contributed by atoms with van der Waals surface area (Å²) in [4.78, 5) is 11.9. The van der Waals surface area contributed by atoms with Crippen LogP contribution in [0.1, 0.15) is 38.8 Å². The molecule has 2 rings (SSSR count). The lowest BCUT2D eigenvalue weighted by molar-refractivity contribution is -0.123. The Morgan fingerprint density at radius 1 is 1.19 bits per heavy atom. The van der Waals surface area contributed by atoms with E-state index in [0.717, 1.165) is 0 Å². The van der Waals surface area contributed by atoms with Gasteiger partial charge in [0.15, 0.2) is 6.61 Å². The van der Waals surface area contributed by atoms with Gasteiger partial charge in [-0.05, 0) is 42.2 Å². The van der Waals surface area contributed by atoms with Crippen molar-refractivity contribution in [3.8, 4) is 11.5 Å². The van der Waals surface area contributed by atoms with Crippen molar-refractivity contribution in [2.45, 2.75) is 33.1 Å². The first-order valence-electron chi connectivity index (χ1n) is 8.33. The molecule has 0 aliphatic carbocycles. The highest BCUT2D eigenvalue weighted by Crippen LogP contribution is 2.31. The highest BCUT2D eigenvalue weighted by atomic mass is 35.5. The average molecular weight is 409 g/mol. The van der Waals surface area contributed by atoms with E-state index in [1.807, 2.05) is 24.3 Å². The van der Waals surface area contributed by atoms with Gasteiger partial charge in [-0.25, -0.2) is 5.43 Å². The number of phenolic OH excluding ortho intramolecular Hbond substituents is 1. The lowest BCUT2D eigenvalue weighted by atomic mass is 9.87. The largest absolute Gasteiger partial charge is 0.506 e. The minimum absolute atomic E-state index is 0.0525. The molecule has 27 heavy (non-hydrogen) atoms. The molecule has 0 saturated heterocycles. The van der Waals surface area contributed by atoms with E-state index in [9.17, 15) is 9.90 Å². The van der Waals surface area contributed by atoms with Crippen LogP contribution in [0.25, 0.3) is 0 Å². The van der Waals surface area contributed by atoms with Crippen LogP contribution in [-0.2, 0) is 10.2 Å². The predicted molar refractivity (Wildman–Crippen MR) is 109 cm³/mol. The SMILES string of the molecule is C/C(=N\NC(=O)COc1ccc(C(C)(C)C)cc1)c1cc(Cl)cc(Cl)c1O. The second-order valence-electron chi connectivity index (χ2n) is 7.08. The van der Waals surface area contributed by atoms with Crippen molar-refractivity contribution >= 4 is 34.8 Å². The molecule has 0 aromatic heterocycles. The number of hydrazone groups is 1. The van der Waals surface area contributed by atoms with Gasteiger partial charge >= 0.3 is 0 Å². The van der Waals surface area contributed by atoms with E-state index >= 15 is 0 Å². The number of hydrogen-bond donors (Lipinski definition) is 2. The number of rotatable bonds is 5. The maximum absolute atomic E-state index is 11.9. The molecule has 2 N–H and O–H groups in total. The highest BCUT2D eigenvalue weighted by molar-refractivity contribution is 6.36. The summed E-state index contributed by atoms with van der Waals surface area (Å²) in [5.74, 6) is 0.0201. The average Bonchev–Trinajstić information content (AvgIpc) is 2.60. The molecule has 2 aromatic rings. The van der Waals surface area contributed by atoms with Gasteiger partial charge in [0.2, 0.25) is 0 Å². The molecule has 144 valence electrons. The number of ether oxygens (including phenoxy) is 1. The van der Waals surface area contributed by atoms with Crippen LogP contribution in [0.4, 0.5) is 0 Å². The number of hydrogen-bond acceptors (Lipinski definition) is 4. The van der Waals surface area contributed by atoms with Gasteiger partial charge in [-0.3, -0.25) is 4.79 Å². The summed E-state index contributed by atoms with van der Waals surface area (Å²) in [7, 11) is 0. The summed E-state index contributed by atoms with van der Waals surface area (Å²) in [5, 5.41) is 14.4. The van der Waals surface area contributed by atoms with E-state index in [1.165, 1.54) is 17.7 Å². The third-order valence-corrected chi connectivity index (χ3v) is 4.36. The van der Waals surface area contributed by atoms with Crippen LogP contribution in [0.2, 0.25) is 10.0 Å². The van der Waals surface area contributed by atoms with E-state index in [1.54, 1.807) is 6.92 Å². The van der Waals surface area contributed by atoms with Crippen molar-refractivity contribution in [2.24, 2.45) is 5.10 Å². The van der Waals surface area contributed by atoms with Crippen molar-refractivity contribution in [3.63, 3.8) is 0 Å². The second-order valence-corrected chi connectivity index (χ2v) is 7.92. The summed E-state index contributed by atoms with van der Waals surface area (Å²) in [6.45, 7) is 7.81. The molecular formula is C20H22Cl2N2O3. The fraction of sp³-hybridized carbons (Fsp3) is 0.300. The van der Waals surface area contributed by atoms with Gasteiger partial charge in [-0.2, -0.15) is 5.10 Å².